The lowest BCUT2D eigenvalue weighted by molar-refractivity contribution is -0.119. The van der Waals surface area contributed by atoms with Gasteiger partial charge in [0.25, 0.3) is 5.91 Å². The van der Waals surface area contributed by atoms with Crippen molar-refractivity contribution in [3.8, 4) is 0 Å². The summed E-state index contributed by atoms with van der Waals surface area (Å²) in [4.78, 5) is 24.8. The summed E-state index contributed by atoms with van der Waals surface area (Å²) >= 11 is 1.31. The molecule has 1 aromatic heterocycles. The lowest BCUT2D eigenvalue weighted by Crippen LogP contribution is -2.29. The normalized spacial score (nSPS) is 12.8. The van der Waals surface area contributed by atoms with Crippen molar-refractivity contribution in [2.75, 3.05) is 5.75 Å². The third kappa shape index (κ3) is 5.95. The Morgan fingerprint density at radius 1 is 0.968 bits per heavy atom. The fourth-order valence-corrected chi connectivity index (χ4v) is 3.85. The van der Waals surface area contributed by atoms with Crippen molar-refractivity contribution in [1.29, 1.82) is 0 Å². The van der Waals surface area contributed by atoms with Crippen molar-refractivity contribution < 1.29 is 9.59 Å². The molecule has 7 nitrogen and oxygen atoms in total. The Hall–Kier alpha value is -3.13. The van der Waals surface area contributed by atoms with E-state index in [-0.39, 0.29) is 29.7 Å². The zero-order valence-corrected chi connectivity index (χ0v) is 18.9. The van der Waals surface area contributed by atoms with Crippen LogP contribution < -0.4 is 10.6 Å². The Kier molecular flexibility index (Phi) is 7.46. The smallest absolute Gasteiger partial charge is 0.251 e. The fraction of sp³-hybridized carbons (Fsp3) is 0.304. The van der Waals surface area contributed by atoms with E-state index < -0.39 is 0 Å². The molecule has 0 radical (unpaired) electrons. The third-order valence-electron chi connectivity index (χ3n) is 4.93. The maximum Gasteiger partial charge on any atom is 0.251 e. The SMILES string of the molecule is Cc1ccc(C(=O)N[C@@H](C)c2nnc(SCC(=O)N[C@H](C)c3ccccc3)n2C)cc1. The molecule has 2 N–H and O–H groups in total. The summed E-state index contributed by atoms with van der Waals surface area (Å²) in [7, 11) is 1.83. The Morgan fingerprint density at radius 2 is 1.65 bits per heavy atom. The molecule has 3 aromatic rings. The summed E-state index contributed by atoms with van der Waals surface area (Å²) in [5, 5.41) is 14.9. The number of rotatable bonds is 8. The van der Waals surface area contributed by atoms with E-state index in [1.807, 2.05) is 70.3 Å². The quantitative estimate of drug-likeness (QED) is 0.526. The molecule has 0 spiro atoms. The van der Waals surface area contributed by atoms with Crippen LogP contribution in [0.5, 0.6) is 0 Å². The van der Waals surface area contributed by atoms with Gasteiger partial charge in [0.2, 0.25) is 5.91 Å². The molecule has 3 rings (SSSR count). The molecule has 0 aliphatic carbocycles. The van der Waals surface area contributed by atoms with Gasteiger partial charge in [-0.3, -0.25) is 9.59 Å². The summed E-state index contributed by atoms with van der Waals surface area (Å²) in [6, 6.07) is 16.8. The molecule has 2 amide bonds. The van der Waals surface area contributed by atoms with Gasteiger partial charge in [-0.05, 0) is 38.5 Å². The van der Waals surface area contributed by atoms with Gasteiger partial charge < -0.3 is 15.2 Å². The third-order valence-corrected chi connectivity index (χ3v) is 5.95. The predicted molar refractivity (Wildman–Crippen MR) is 122 cm³/mol. The highest BCUT2D eigenvalue weighted by atomic mass is 32.2. The molecule has 0 unspecified atom stereocenters. The summed E-state index contributed by atoms with van der Waals surface area (Å²) in [5.74, 6) is 0.611. The van der Waals surface area contributed by atoms with Crippen molar-refractivity contribution in [3.63, 3.8) is 0 Å². The number of benzene rings is 2. The second-order valence-electron chi connectivity index (χ2n) is 7.45. The number of amides is 2. The van der Waals surface area contributed by atoms with Crippen LogP contribution in [0.2, 0.25) is 0 Å². The van der Waals surface area contributed by atoms with E-state index in [0.717, 1.165) is 11.1 Å². The molecule has 0 saturated carbocycles. The molecule has 0 bridgehead atoms. The molecule has 0 aliphatic rings. The van der Waals surface area contributed by atoms with Gasteiger partial charge in [0.15, 0.2) is 11.0 Å². The average molecular weight is 438 g/mol. The first-order chi connectivity index (χ1) is 14.8. The first kappa shape index (κ1) is 22.6. The van der Waals surface area contributed by atoms with Gasteiger partial charge in [0.1, 0.15) is 0 Å². The molecule has 2 aromatic carbocycles. The van der Waals surface area contributed by atoms with Gasteiger partial charge in [0.05, 0.1) is 17.8 Å². The van der Waals surface area contributed by atoms with Crippen LogP contribution in [0.3, 0.4) is 0 Å². The number of hydrogen-bond donors (Lipinski definition) is 2. The second kappa shape index (κ2) is 10.3. The van der Waals surface area contributed by atoms with E-state index in [2.05, 4.69) is 20.8 Å². The van der Waals surface area contributed by atoms with E-state index >= 15 is 0 Å². The van der Waals surface area contributed by atoms with Crippen LogP contribution in [0.1, 0.15) is 53.2 Å². The van der Waals surface area contributed by atoms with Crippen molar-refractivity contribution in [2.45, 2.75) is 38.0 Å². The number of carbonyl (C=O) groups is 2. The van der Waals surface area contributed by atoms with Crippen molar-refractivity contribution in [1.82, 2.24) is 25.4 Å². The van der Waals surface area contributed by atoms with E-state index in [1.54, 1.807) is 16.7 Å². The summed E-state index contributed by atoms with van der Waals surface area (Å²) < 4.78 is 1.80. The zero-order valence-electron chi connectivity index (χ0n) is 18.1. The van der Waals surface area contributed by atoms with Crippen molar-refractivity contribution in [2.24, 2.45) is 7.05 Å². The highest BCUT2D eigenvalue weighted by Crippen LogP contribution is 2.20. The first-order valence-electron chi connectivity index (χ1n) is 10.1. The second-order valence-corrected chi connectivity index (χ2v) is 8.39. The standard InChI is InChI=1S/C23H27N5O2S/c1-15-10-12-19(13-11-15)22(30)25-17(3)21-26-27-23(28(21)4)31-14-20(29)24-16(2)18-8-6-5-7-9-18/h5-13,16-17H,14H2,1-4H3,(H,24,29)(H,25,30)/t16-,17+/m1/s1. The van der Waals surface area contributed by atoms with Gasteiger partial charge in [-0.1, -0.05) is 59.8 Å². The van der Waals surface area contributed by atoms with Crippen LogP contribution in [-0.2, 0) is 11.8 Å². The van der Waals surface area contributed by atoms with Crippen LogP contribution in [0.15, 0.2) is 59.8 Å². The molecule has 8 heteroatoms. The van der Waals surface area contributed by atoms with Gasteiger partial charge in [-0.15, -0.1) is 10.2 Å². The van der Waals surface area contributed by atoms with Crippen molar-refractivity contribution >= 4 is 23.6 Å². The maximum atomic E-state index is 12.5. The summed E-state index contributed by atoms with van der Waals surface area (Å²) in [6.07, 6.45) is 0. The molecule has 0 aliphatic heterocycles. The molecule has 0 saturated heterocycles. The molecular formula is C23H27N5O2S. The van der Waals surface area contributed by atoms with Crippen LogP contribution in [0.25, 0.3) is 0 Å². The fourth-order valence-electron chi connectivity index (χ4n) is 3.12. The average Bonchev–Trinajstić information content (AvgIpc) is 3.13. The number of nitrogens with zero attached hydrogens (tertiary/aromatic N) is 3. The summed E-state index contributed by atoms with van der Waals surface area (Å²) in [6.45, 7) is 5.79. The first-order valence-corrected chi connectivity index (χ1v) is 11.1. The van der Waals surface area contributed by atoms with Crippen LogP contribution >= 0.6 is 11.8 Å². The Bertz CT molecular complexity index is 1030. The minimum absolute atomic E-state index is 0.0682. The van der Waals surface area contributed by atoms with Gasteiger partial charge in [-0.2, -0.15) is 0 Å². The highest BCUT2D eigenvalue weighted by Gasteiger charge is 2.19. The number of aryl methyl sites for hydroxylation is 1. The molecule has 0 fully saturated rings. The lowest BCUT2D eigenvalue weighted by atomic mass is 10.1. The van der Waals surface area contributed by atoms with Gasteiger partial charge in [-0.25, -0.2) is 0 Å². The number of aromatic nitrogens is 3. The number of hydrogen-bond acceptors (Lipinski definition) is 5. The Morgan fingerprint density at radius 3 is 2.32 bits per heavy atom. The summed E-state index contributed by atoms with van der Waals surface area (Å²) in [5.41, 5.74) is 2.75. The lowest BCUT2D eigenvalue weighted by Gasteiger charge is -2.15. The minimum Gasteiger partial charge on any atom is -0.349 e. The van der Waals surface area contributed by atoms with Gasteiger partial charge >= 0.3 is 0 Å². The number of carbonyl (C=O) groups excluding carboxylic acids is 2. The predicted octanol–water partition coefficient (Wildman–Crippen LogP) is 3.58. The van der Waals surface area contributed by atoms with Crippen LogP contribution in [0.4, 0.5) is 0 Å². The van der Waals surface area contributed by atoms with Crippen molar-refractivity contribution in [3.05, 3.63) is 77.1 Å². The molecule has 31 heavy (non-hydrogen) atoms. The van der Waals surface area contributed by atoms with E-state index in [4.69, 9.17) is 0 Å². The van der Waals surface area contributed by atoms with E-state index in [9.17, 15) is 9.59 Å². The van der Waals surface area contributed by atoms with Crippen LogP contribution in [-0.4, -0.2) is 32.3 Å². The largest absolute Gasteiger partial charge is 0.349 e. The zero-order chi connectivity index (χ0) is 22.4. The maximum absolute atomic E-state index is 12.5. The monoisotopic (exact) mass is 437 g/mol. The number of thioether (sulfide) groups is 1. The van der Waals surface area contributed by atoms with E-state index in [1.165, 1.54) is 11.8 Å². The molecule has 162 valence electrons. The number of nitrogens with one attached hydrogen (secondary N) is 2. The Balaban J connectivity index is 1.55. The molecule has 1 heterocycles. The Labute approximate surface area is 186 Å². The van der Waals surface area contributed by atoms with Crippen LogP contribution in [0, 0.1) is 6.92 Å². The van der Waals surface area contributed by atoms with Gasteiger partial charge in [0, 0.05) is 12.6 Å². The highest BCUT2D eigenvalue weighted by molar-refractivity contribution is 7.99. The minimum atomic E-state index is -0.326. The molecule has 2 atom stereocenters. The molecular weight excluding hydrogens is 410 g/mol. The topological polar surface area (TPSA) is 88.9 Å². The van der Waals surface area contributed by atoms with E-state index in [0.29, 0.717) is 16.5 Å².